The Hall–Kier alpha value is -3.49. The van der Waals surface area contributed by atoms with Crippen LogP contribution in [0.3, 0.4) is 0 Å². The predicted molar refractivity (Wildman–Crippen MR) is 115 cm³/mol. The summed E-state index contributed by atoms with van der Waals surface area (Å²) in [4.78, 5) is 19.3. The number of carboxylic acids is 1. The normalized spacial score (nSPS) is 21.3. The standard InChI is InChI=1S/C22H23N5O5/c23-16(22(30)31)7-13-3-1-12(2-4-13)5-6-14-8-15-20(24)25-11-26-21(15)27(14)19-9-17(29)18(10-28)32-19/h1-4,8,11,16-19,28-29H,7,9-10,23H2,(H,30,31)(H2,24,25,26)/t16-,17-,18+,19+/m0/s1. The SMILES string of the molecule is Nc1ncnc2c1cc(C#Cc1ccc(C[C@H](N)C(=O)O)cc1)n2[C@H]1C[C@H](O)[C@@H](CO)O1. The van der Waals surface area contributed by atoms with Crippen molar-refractivity contribution in [2.24, 2.45) is 5.73 Å². The van der Waals surface area contributed by atoms with Gasteiger partial charge in [-0.25, -0.2) is 9.97 Å². The highest BCUT2D eigenvalue weighted by atomic mass is 16.5. The van der Waals surface area contributed by atoms with Crippen LogP contribution in [-0.4, -0.2) is 60.7 Å². The first-order chi connectivity index (χ1) is 15.4. The number of aliphatic hydroxyl groups excluding tert-OH is 2. The molecule has 32 heavy (non-hydrogen) atoms. The Kier molecular flexibility index (Phi) is 6.07. The van der Waals surface area contributed by atoms with Crippen molar-refractivity contribution < 1.29 is 24.9 Å². The Morgan fingerprint density at radius 1 is 1.28 bits per heavy atom. The van der Waals surface area contributed by atoms with Gasteiger partial charge in [-0.3, -0.25) is 9.36 Å². The summed E-state index contributed by atoms with van der Waals surface area (Å²) < 4.78 is 7.56. The number of nitrogen functional groups attached to an aromatic ring is 1. The number of fused-ring (bicyclic) bond motifs is 1. The van der Waals surface area contributed by atoms with Crippen LogP contribution in [0.15, 0.2) is 36.7 Å². The highest BCUT2D eigenvalue weighted by Crippen LogP contribution is 2.34. The number of hydrogen-bond donors (Lipinski definition) is 5. The predicted octanol–water partition coefficient (Wildman–Crippen LogP) is 0.00840. The number of nitrogens with two attached hydrogens (primary N) is 2. The van der Waals surface area contributed by atoms with E-state index in [0.29, 0.717) is 28.1 Å². The summed E-state index contributed by atoms with van der Waals surface area (Å²) in [6.07, 6.45) is -0.234. The van der Waals surface area contributed by atoms with Gasteiger partial charge in [-0.15, -0.1) is 0 Å². The van der Waals surface area contributed by atoms with Gasteiger partial charge in [0.15, 0.2) is 0 Å². The van der Waals surface area contributed by atoms with Gasteiger partial charge in [-0.05, 0) is 36.1 Å². The van der Waals surface area contributed by atoms with Crippen LogP contribution >= 0.6 is 0 Å². The maximum absolute atomic E-state index is 10.9. The van der Waals surface area contributed by atoms with E-state index in [1.807, 2.05) is 0 Å². The zero-order valence-corrected chi connectivity index (χ0v) is 17.0. The largest absolute Gasteiger partial charge is 0.480 e. The molecule has 0 aliphatic carbocycles. The van der Waals surface area contributed by atoms with Crippen LogP contribution in [-0.2, 0) is 16.0 Å². The lowest BCUT2D eigenvalue weighted by atomic mass is 10.0. The average molecular weight is 437 g/mol. The average Bonchev–Trinajstić information content (AvgIpc) is 3.33. The number of carboxylic acid groups (broad SMARTS) is 1. The van der Waals surface area contributed by atoms with Gasteiger partial charge in [0.25, 0.3) is 0 Å². The van der Waals surface area contributed by atoms with Crippen molar-refractivity contribution in [3.05, 3.63) is 53.5 Å². The van der Waals surface area contributed by atoms with Gasteiger partial charge in [0.05, 0.1) is 23.8 Å². The number of nitrogens with zero attached hydrogens (tertiary/aromatic N) is 3. The van der Waals surface area contributed by atoms with Crippen molar-refractivity contribution in [1.82, 2.24) is 14.5 Å². The third-order valence-electron chi connectivity index (χ3n) is 5.40. The zero-order chi connectivity index (χ0) is 22.8. The number of aromatic nitrogens is 3. The topological polar surface area (TPSA) is 170 Å². The van der Waals surface area contributed by atoms with Gasteiger partial charge in [-0.1, -0.05) is 18.1 Å². The van der Waals surface area contributed by atoms with Crippen LogP contribution in [0.5, 0.6) is 0 Å². The van der Waals surface area contributed by atoms with Gasteiger partial charge in [0.2, 0.25) is 0 Å². The molecule has 3 aromatic rings. The van der Waals surface area contributed by atoms with E-state index in [1.165, 1.54) is 6.33 Å². The first-order valence-corrected chi connectivity index (χ1v) is 10.0. The van der Waals surface area contributed by atoms with Gasteiger partial charge >= 0.3 is 5.97 Å². The van der Waals surface area contributed by atoms with E-state index in [0.717, 1.165) is 5.56 Å². The Morgan fingerprint density at radius 2 is 2.03 bits per heavy atom. The lowest BCUT2D eigenvalue weighted by molar-refractivity contribution is -0.138. The molecule has 0 amide bonds. The smallest absolute Gasteiger partial charge is 0.320 e. The number of anilines is 1. The zero-order valence-electron chi connectivity index (χ0n) is 17.0. The molecule has 1 saturated heterocycles. The molecular formula is C22H23N5O5. The Morgan fingerprint density at radius 3 is 2.69 bits per heavy atom. The van der Waals surface area contributed by atoms with E-state index in [-0.39, 0.29) is 19.4 Å². The molecule has 4 rings (SSSR count). The molecule has 2 aromatic heterocycles. The fourth-order valence-electron chi connectivity index (χ4n) is 3.68. The molecule has 0 saturated carbocycles. The lowest BCUT2D eigenvalue weighted by Gasteiger charge is -2.16. The van der Waals surface area contributed by atoms with Crippen LogP contribution in [0, 0.1) is 11.8 Å². The number of ether oxygens (including phenoxy) is 1. The van der Waals surface area contributed by atoms with Crippen LogP contribution in [0.1, 0.15) is 29.5 Å². The molecule has 10 nitrogen and oxygen atoms in total. The van der Waals surface area contributed by atoms with Crippen molar-refractivity contribution in [1.29, 1.82) is 0 Å². The molecule has 0 spiro atoms. The minimum Gasteiger partial charge on any atom is -0.480 e. The molecule has 1 aliphatic rings. The second-order valence-corrected chi connectivity index (χ2v) is 7.61. The van der Waals surface area contributed by atoms with E-state index < -0.39 is 30.4 Å². The maximum Gasteiger partial charge on any atom is 0.320 e. The quantitative estimate of drug-likeness (QED) is 0.345. The highest BCUT2D eigenvalue weighted by Gasteiger charge is 2.36. The van der Waals surface area contributed by atoms with Crippen molar-refractivity contribution in [3.63, 3.8) is 0 Å². The summed E-state index contributed by atoms with van der Waals surface area (Å²) >= 11 is 0. The summed E-state index contributed by atoms with van der Waals surface area (Å²) in [6.45, 7) is -0.299. The summed E-state index contributed by atoms with van der Waals surface area (Å²) in [6, 6.07) is 7.95. The minimum absolute atomic E-state index is 0.225. The van der Waals surface area contributed by atoms with E-state index in [9.17, 15) is 15.0 Å². The maximum atomic E-state index is 10.9. The first kappa shape index (κ1) is 21.7. The van der Waals surface area contributed by atoms with Gasteiger partial charge < -0.3 is 31.5 Å². The summed E-state index contributed by atoms with van der Waals surface area (Å²) in [5.41, 5.74) is 14.2. The molecule has 7 N–H and O–H groups in total. The molecule has 1 aromatic carbocycles. The molecule has 0 radical (unpaired) electrons. The molecule has 10 heteroatoms. The minimum atomic E-state index is -1.05. The fraction of sp³-hybridized carbons (Fsp3) is 0.318. The summed E-state index contributed by atoms with van der Waals surface area (Å²) in [5.74, 6) is 5.42. The first-order valence-electron chi connectivity index (χ1n) is 10.0. The van der Waals surface area contributed by atoms with Crippen molar-refractivity contribution in [3.8, 4) is 11.8 Å². The van der Waals surface area contributed by atoms with E-state index in [4.69, 9.17) is 21.3 Å². The molecule has 1 aliphatic heterocycles. The molecular weight excluding hydrogens is 414 g/mol. The fourth-order valence-corrected chi connectivity index (χ4v) is 3.68. The number of carbonyl (C=O) groups is 1. The van der Waals surface area contributed by atoms with Crippen LogP contribution in [0.4, 0.5) is 5.82 Å². The Balaban J connectivity index is 1.66. The molecule has 4 atom stereocenters. The van der Waals surface area contributed by atoms with Crippen LogP contribution in [0.25, 0.3) is 11.0 Å². The third-order valence-corrected chi connectivity index (χ3v) is 5.40. The number of hydrogen-bond acceptors (Lipinski definition) is 8. The van der Waals surface area contributed by atoms with Crippen LogP contribution in [0.2, 0.25) is 0 Å². The van der Waals surface area contributed by atoms with Gasteiger partial charge in [0.1, 0.15) is 36.2 Å². The van der Waals surface area contributed by atoms with E-state index in [1.54, 1.807) is 34.9 Å². The van der Waals surface area contributed by atoms with E-state index >= 15 is 0 Å². The summed E-state index contributed by atoms with van der Waals surface area (Å²) in [7, 11) is 0. The van der Waals surface area contributed by atoms with Crippen molar-refractivity contribution in [2.45, 2.75) is 37.3 Å². The number of benzene rings is 1. The van der Waals surface area contributed by atoms with E-state index in [2.05, 4.69) is 21.8 Å². The number of rotatable bonds is 5. The van der Waals surface area contributed by atoms with Gasteiger partial charge in [-0.2, -0.15) is 0 Å². The van der Waals surface area contributed by atoms with Crippen LogP contribution < -0.4 is 11.5 Å². The highest BCUT2D eigenvalue weighted by molar-refractivity contribution is 5.88. The lowest BCUT2D eigenvalue weighted by Crippen LogP contribution is -2.32. The second-order valence-electron chi connectivity index (χ2n) is 7.61. The Labute approximate surface area is 183 Å². The molecule has 0 bridgehead atoms. The monoisotopic (exact) mass is 437 g/mol. The molecule has 3 heterocycles. The number of aliphatic hydroxyl groups is 2. The van der Waals surface area contributed by atoms with Crippen molar-refractivity contribution >= 4 is 22.8 Å². The molecule has 1 fully saturated rings. The Bertz CT molecular complexity index is 1200. The molecule has 0 unspecified atom stereocenters. The summed E-state index contributed by atoms with van der Waals surface area (Å²) in [5, 5.41) is 29.2. The number of aliphatic carboxylic acids is 1. The van der Waals surface area contributed by atoms with Crippen molar-refractivity contribution in [2.75, 3.05) is 12.3 Å². The second kappa shape index (κ2) is 8.94. The van der Waals surface area contributed by atoms with Gasteiger partial charge in [0, 0.05) is 12.0 Å². The molecule has 166 valence electrons. The third kappa shape index (κ3) is 4.28.